The fourth-order valence-electron chi connectivity index (χ4n) is 9.00. The standard InChI is InChI=1S/C50H29N5O2S/c51-30-32-14-13-15-33(31-52)50(32)58(56,57)37-28-26-36(27-29-37)55-43-25-12-9-22-40(43)46-48-44(38-20-7-10-23-41(38)53(48)34-16-3-1-4-17-34)47-45(49(46)55)39-21-8-11-24-42(39)54(47)35-18-5-2-6-19-35/h1-29H. The van der Waals surface area contributed by atoms with Crippen LogP contribution in [0.5, 0.6) is 0 Å². The summed E-state index contributed by atoms with van der Waals surface area (Å²) in [5, 5.41) is 26.2. The van der Waals surface area contributed by atoms with Crippen LogP contribution in [0.4, 0.5) is 0 Å². The number of benzene rings is 8. The zero-order valence-corrected chi connectivity index (χ0v) is 31.5. The quantitative estimate of drug-likeness (QED) is 0.174. The van der Waals surface area contributed by atoms with E-state index in [0.717, 1.165) is 82.5 Å². The molecule has 0 unspecified atom stereocenters. The van der Waals surface area contributed by atoms with Crippen LogP contribution in [0.1, 0.15) is 11.1 Å². The van der Waals surface area contributed by atoms with Crippen molar-refractivity contribution in [2.75, 3.05) is 0 Å². The summed E-state index contributed by atoms with van der Waals surface area (Å²) in [6.45, 7) is 0. The monoisotopic (exact) mass is 763 g/mol. The van der Waals surface area contributed by atoms with Gasteiger partial charge in [0.2, 0.25) is 9.84 Å². The lowest BCUT2D eigenvalue weighted by Crippen LogP contribution is -2.07. The van der Waals surface area contributed by atoms with Crippen LogP contribution in [0.3, 0.4) is 0 Å². The fourth-order valence-corrected chi connectivity index (χ4v) is 10.5. The van der Waals surface area contributed by atoms with E-state index < -0.39 is 9.84 Å². The average Bonchev–Trinajstić information content (AvgIpc) is 3.93. The van der Waals surface area contributed by atoms with Gasteiger partial charge in [-0.2, -0.15) is 10.5 Å². The van der Waals surface area contributed by atoms with Crippen LogP contribution in [-0.2, 0) is 9.84 Å². The molecule has 0 atom stereocenters. The van der Waals surface area contributed by atoms with Gasteiger partial charge in [0.05, 0.1) is 49.1 Å². The highest BCUT2D eigenvalue weighted by Gasteiger charge is 2.30. The van der Waals surface area contributed by atoms with Gasteiger partial charge >= 0.3 is 0 Å². The van der Waals surface area contributed by atoms with Crippen molar-refractivity contribution < 1.29 is 8.42 Å². The molecule has 0 amide bonds. The molecule has 0 aliphatic rings. The molecule has 0 bridgehead atoms. The number of para-hydroxylation sites is 5. The highest BCUT2D eigenvalue weighted by molar-refractivity contribution is 7.91. The predicted molar refractivity (Wildman–Crippen MR) is 231 cm³/mol. The van der Waals surface area contributed by atoms with Crippen LogP contribution in [0.25, 0.3) is 82.5 Å². The van der Waals surface area contributed by atoms with Crippen LogP contribution in [0, 0.1) is 22.7 Å². The number of sulfone groups is 1. The summed E-state index contributed by atoms with van der Waals surface area (Å²) in [5.41, 5.74) is 8.95. The number of aromatic nitrogens is 3. The lowest BCUT2D eigenvalue weighted by molar-refractivity contribution is 0.595. The lowest BCUT2D eigenvalue weighted by atomic mass is 10.0. The van der Waals surface area contributed by atoms with Crippen molar-refractivity contribution in [3.63, 3.8) is 0 Å². The molecule has 8 heteroatoms. The Bertz CT molecular complexity index is 3590. The Balaban J connectivity index is 1.34. The zero-order valence-electron chi connectivity index (χ0n) is 30.7. The van der Waals surface area contributed by atoms with Gasteiger partial charge in [-0.15, -0.1) is 0 Å². The zero-order chi connectivity index (χ0) is 39.1. The third-order valence-electron chi connectivity index (χ3n) is 11.3. The Morgan fingerprint density at radius 2 is 0.724 bits per heavy atom. The van der Waals surface area contributed by atoms with Crippen molar-refractivity contribution in [2.45, 2.75) is 9.79 Å². The molecule has 0 aliphatic carbocycles. The van der Waals surface area contributed by atoms with Crippen LogP contribution in [0.2, 0.25) is 0 Å². The molecule has 8 aromatic carbocycles. The van der Waals surface area contributed by atoms with Crippen molar-refractivity contribution in [1.29, 1.82) is 10.5 Å². The van der Waals surface area contributed by atoms with E-state index in [1.165, 1.54) is 18.2 Å². The van der Waals surface area contributed by atoms with Crippen LogP contribution in [-0.4, -0.2) is 22.1 Å². The molecule has 0 saturated heterocycles. The number of nitrogens with zero attached hydrogens (tertiary/aromatic N) is 5. The summed E-state index contributed by atoms with van der Waals surface area (Å²) >= 11 is 0. The smallest absolute Gasteiger partial charge is 0.209 e. The van der Waals surface area contributed by atoms with Crippen molar-refractivity contribution in [1.82, 2.24) is 13.7 Å². The molecule has 58 heavy (non-hydrogen) atoms. The van der Waals surface area contributed by atoms with E-state index in [9.17, 15) is 18.9 Å². The molecule has 7 nitrogen and oxygen atoms in total. The van der Waals surface area contributed by atoms with E-state index in [1.54, 1.807) is 12.1 Å². The summed E-state index contributed by atoms with van der Waals surface area (Å²) in [6.07, 6.45) is 0. The Kier molecular flexibility index (Phi) is 7.24. The van der Waals surface area contributed by atoms with Crippen molar-refractivity contribution in [2.24, 2.45) is 0 Å². The number of fused-ring (bicyclic) bond motifs is 12. The molecule has 0 aliphatic heterocycles. The second-order valence-corrected chi connectivity index (χ2v) is 16.2. The molecule has 0 fully saturated rings. The molecule has 3 aromatic heterocycles. The van der Waals surface area contributed by atoms with Gasteiger partial charge in [-0.25, -0.2) is 8.42 Å². The summed E-state index contributed by atoms with van der Waals surface area (Å²) in [7, 11) is -4.23. The molecule has 0 saturated carbocycles. The van der Waals surface area contributed by atoms with Crippen LogP contribution in [0.15, 0.2) is 186 Å². The molecular weight excluding hydrogens is 735 g/mol. The van der Waals surface area contributed by atoms with E-state index in [1.807, 2.05) is 42.5 Å². The normalized spacial score (nSPS) is 11.9. The number of rotatable bonds is 5. The van der Waals surface area contributed by atoms with Gasteiger partial charge in [-0.05, 0) is 78.9 Å². The second-order valence-electron chi connectivity index (χ2n) is 14.3. The number of nitriles is 2. The first-order chi connectivity index (χ1) is 28.5. The Labute approximate surface area is 332 Å². The molecule has 272 valence electrons. The minimum absolute atomic E-state index is 0.00589. The first-order valence-electron chi connectivity index (χ1n) is 18.8. The Morgan fingerprint density at radius 3 is 1.10 bits per heavy atom. The molecule has 0 N–H and O–H groups in total. The van der Waals surface area contributed by atoms with Gasteiger partial charge < -0.3 is 13.7 Å². The molecule has 11 aromatic rings. The highest BCUT2D eigenvalue weighted by atomic mass is 32.2. The molecular formula is C50H29N5O2S. The van der Waals surface area contributed by atoms with E-state index >= 15 is 0 Å². The van der Waals surface area contributed by atoms with Crippen molar-refractivity contribution in [3.8, 4) is 29.2 Å². The van der Waals surface area contributed by atoms with Gasteiger partial charge in [0, 0.05) is 49.4 Å². The van der Waals surface area contributed by atoms with Gasteiger partial charge in [0.15, 0.2) is 0 Å². The maximum absolute atomic E-state index is 14.2. The molecule has 3 heterocycles. The average molecular weight is 764 g/mol. The maximum Gasteiger partial charge on any atom is 0.209 e. The van der Waals surface area contributed by atoms with Crippen LogP contribution < -0.4 is 0 Å². The Morgan fingerprint density at radius 1 is 0.379 bits per heavy atom. The molecule has 0 radical (unpaired) electrons. The first kappa shape index (κ1) is 33.4. The van der Waals surface area contributed by atoms with Crippen molar-refractivity contribution in [3.05, 3.63) is 187 Å². The first-order valence-corrected chi connectivity index (χ1v) is 20.3. The van der Waals surface area contributed by atoms with E-state index in [2.05, 4.69) is 129 Å². The van der Waals surface area contributed by atoms with Gasteiger partial charge in [-0.3, -0.25) is 0 Å². The van der Waals surface area contributed by atoms with Gasteiger partial charge in [0.1, 0.15) is 17.0 Å². The van der Waals surface area contributed by atoms with E-state index in [0.29, 0.717) is 0 Å². The van der Waals surface area contributed by atoms with E-state index in [-0.39, 0.29) is 20.9 Å². The summed E-state index contributed by atoms with van der Waals surface area (Å²) in [4.78, 5) is -0.287. The van der Waals surface area contributed by atoms with Gasteiger partial charge in [-0.1, -0.05) is 97.1 Å². The second kappa shape index (κ2) is 12.6. The van der Waals surface area contributed by atoms with Gasteiger partial charge in [0.25, 0.3) is 0 Å². The topological polar surface area (TPSA) is 96.5 Å². The third kappa shape index (κ3) is 4.55. The van der Waals surface area contributed by atoms with E-state index in [4.69, 9.17) is 0 Å². The SMILES string of the molecule is N#Cc1cccc(C#N)c1S(=O)(=O)c1ccc(-n2c3ccccc3c3c4c(c5ccccc5n4-c4ccccc4)c4c(c5ccccc5n4-c4ccccc4)c32)cc1. The number of hydrogen-bond donors (Lipinski definition) is 0. The summed E-state index contributed by atoms with van der Waals surface area (Å²) in [6, 6.07) is 61.6. The minimum atomic E-state index is -4.23. The molecule has 11 rings (SSSR count). The fraction of sp³-hybridized carbons (Fsp3) is 0. The highest BCUT2D eigenvalue weighted by Crippen LogP contribution is 2.50. The lowest BCUT2D eigenvalue weighted by Gasteiger charge is -2.14. The maximum atomic E-state index is 14.2. The Hall–Kier alpha value is -7.91. The summed E-state index contributed by atoms with van der Waals surface area (Å²) < 4.78 is 35.3. The molecule has 0 spiro atoms. The predicted octanol–water partition coefficient (Wildman–Crippen LogP) is 11.6. The largest absolute Gasteiger partial charge is 0.308 e. The summed E-state index contributed by atoms with van der Waals surface area (Å²) in [5.74, 6) is 0. The number of hydrogen-bond acceptors (Lipinski definition) is 4. The van der Waals surface area contributed by atoms with Crippen LogP contribution >= 0.6 is 0 Å². The third-order valence-corrected chi connectivity index (χ3v) is 13.2. The minimum Gasteiger partial charge on any atom is -0.308 e. The van der Waals surface area contributed by atoms with Crippen molar-refractivity contribution >= 4 is 75.3 Å².